The third-order valence-electron chi connectivity index (χ3n) is 6.51. The largest absolute Gasteiger partial charge is 0.497 e. The molecule has 4 aromatic rings. The summed E-state index contributed by atoms with van der Waals surface area (Å²) in [5.41, 5.74) is 6.08. The van der Waals surface area contributed by atoms with Crippen LogP contribution in [-0.2, 0) is 29.5 Å². The zero-order chi connectivity index (χ0) is 23.3. The highest BCUT2D eigenvalue weighted by atomic mass is 16.5. The highest BCUT2D eigenvalue weighted by Gasteiger charge is 2.36. The van der Waals surface area contributed by atoms with Crippen molar-refractivity contribution in [2.75, 3.05) is 21.3 Å². The molecule has 1 aliphatic heterocycles. The summed E-state index contributed by atoms with van der Waals surface area (Å²) >= 11 is 0. The molecule has 3 heterocycles. The van der Waals surface area contributed by atoms with E-state index >= 15 is 0 Å². The maximum atomic E-state index is 13.0. The molecule has 0 fully saturated rings. The van der Waals surface area contributed by atoms with Gasteiger partial charge in [-0.2, -0.15) is 0 Å². The van der Waals surface area contributed by atoms with Gasteiger partial charge in [0.2, 0.25) is 0 Å². The monoisotopic (exact) mass is 444 g/mol. The van der Waals surface area contributed by atoms with Crippen molar-refractivity contribution in [1.29, 1.82) is 0 Å². The number of para-hydroxylation sites is 1. The average molecular weight is 444 g/mol. The number of methoxy groups -OCH3 is 3. The Balaban J connectivity index is 1.82. The van der Waals surface area contributed by atoms with Crippen LogP contribution < -0.4 is 4.74 Å². The second kappa shape index (κ2) is 7.85. The number of carbonyl (C=O) groups is 2. The molecular weight excluding hydrogens is 420 g/mol. The standard InChI is InChI=1S/C26H24N2O5/c1-27-19-8-6-5-7-17(19)18-13-20-22(25(29)32-3)23(26(30)33-4)24(28(20)14-21(18)27)15-9-11-16(31-2)12-10-15/h5-12H,13-14H2,1-4H3. The molecule has 0 bridgehead atoms. The molecule has 0 N–H and O–H groups in total. The second-order valence-corrected chi connectivity index (χ2v) is 8.02. The van der Waals surface area contributed by atoms with Crippen LogP contribution in [0.2, 0.25) is 0 Å². The van der Waals surface area contributed by atoms with Crippen molar-refractivity contribution < 1.29 is 23.8 Å². The molecule has 0 saturated heterocycles. The van der Waals surface area contributed by atoms with E-state index in [-0.39, 0.29) is 11.1 Å². The Morgan fingerprint density at radius 1 is 0.848 bits per heavy atom. The molecule has 0 amide bonds. The van der Waals surface area contributed by atoms with Crippen LogP contribution in [-0.4, -0.2) is 42.4 Å². The zero-order valence-electron chi connectivity index (χ0n) is 19.0. The summed E-state index contributed by atoms with van der Waals surface area (Å²) in [5.74, 6) is -0.424. The number of nitrogens with zero attached hydrogens (tertiary/aromatic N) is 2. The van der Waals surface area contributed by atoms with E-state index in [2.05, 4.69) is 16.7 Å². The van der Waals surface area contributed by atoms with Crippen LogP contribution >= 0.6 is 0 Å². The van der Waals surface area contributed by atoms with Gasteiger partial charge in [0.05, 0.1) is 39.1 Å². The van der Waals surface area contributed by atoms with Crippen molar-refractivity contribution in [3.8, 4) is 17.0 Å². The third kappa shape index (κ3) is 3.03. The van der Waals surface area contributed by atoms with Gasteiger partial charge in [0, 0.05) is 35.8 Å². The Hall–Kier alpha value is -4.00. The topological polar surface area (TPSA) is 71.7 Å². The van der Waals surface area contributed by atoms with Crippen molar-refractivity contribution in [3.05, 3.63) is 76.6 Å². The SMILES string of the molecule is COC(=O)c1c(C(=O)OC)c(-c2ccc(OC)cc2)n2c1Cc1c(n(C)c3ccccc13)C2. The first-order valence-electron chi connectivity index (χ1n) is 10.6. The first-order chi connectivity index (χ1) is 16.0. The molecular formula is C26H24N2O5. The number of fused-ring (bicyclic) bond motifs is 4. The molecule has 7 heteroatoms. The molecule has 0 spiro atoms. The van der Waals surface area contributed by atoms with Crippen LogP contribution in [0.3, 0.4) is 0 Å². The minimum absolute atomic E-state index is 0.224. The summed E-state index contributed by atoms with van der Waals surface area (Å²) in [5, 5.41) is 1.14. The number of rotatable bonds is 4. The van der Waals surface area contributed by atoms with Crippen LogP contribution in [0.4, 0.5) is 0 Å². The minimum atomic E-state index is -0.572. The van der Waals surface area contributed by atoms with E-state index in [9.17, 15) is 9.59 Å². The lowest BCUT2D eigenvalue weighted by molar-refractivity contribution is 0.0556. The first kappa shape index (κ1) is 20.9. The zero-order valence-corrected chi connectivity index (χ0v) is 19.0. The van der Waals surface area contributed by atoms with E-state index in [1.165, 1.54) is 14.2 Å². The van der Waals surface area contributed by atoms with Gasteiger partial charge in [-0.05, 0) is 41.5 Å². The van der Waals surface area contributed by atoms with Crippen molar-refractivity contribution in [1.82, 2.24) is 9.13 Å². The van der Waals surface area contributed by atoms with Gasteiger partial charge < -0.3 is 23.3 Å². The minimum Gasteiger partial charge on any atom is -0.497 e. The maximum absolute atomic E-state index is 13.0. The number of hydrogen-bond acceptors (Lipinski definition) is 5. The highest BCUT2D eigenvalue weighted by Crippen LogP contribution is 2.40. The fraction of sp³-hybridized carbons (Fsp3) is 0.231. The molecule has 0 unspecified atom stereocenters. The molecule has 7 nitrogen and oxygen atoms in total. The van der Waals surface area contributed by atoms with Gasteiger partial charge >= 0.3 is 11.9 Å². The van der Waals surface area contributed by atoms with Crippen LogP contribution in [0, 0.1) is 0 Å². The van der Waals surface area contributed by atoms with E-state index in [1.807, 2.05) is 48.0 Å². The van der Waals surface area contributed by atoms with Crippen molar-refractivity contribution in [2.45, 2.75) is 13.0 Å². The van der Waals surface area contributed by atoms with E-state index in [1.54, 1.807) is 7.11 Å². The molecule has 5 rings (SSSR count). The average Bonchev–Trinajstić information content (AvgIpc) is 3.34. The van der Waals surface area contributed by atoms with Gasteiger partial charge in [-0.1, -0.05) is 18.2 Å². The van der Waals surface area contributed by atoms with E-state index in [0.717, 1.165) is 33.4 Å². The second-order valence-electron chi connectivity index (χ2n) is 8.02. The Bertz CT molecular complexity index is 1410. The fourth-order valence-corrected chi connectivity index (χ4v) is 4.94. The van der Waals surface area contributed by atoms with Crippen LogP contribution in [0.1, 0.15) is 37.7 Å². The molecule has 0 radical (unpaired) electrons. The maximum Gasteiger partial charge on any atom is 0.340 e. The number of esters is 2. The van der Waals surface area contributed by atoms with Crippen molar-refractivity contribution in [3.63, 3.8) is 0 Å². The molecule has 1 aliphatic rings. The first-order valence-corrected chi connectivity index (χ1v) is 10.6. The molecule has 33 heavy (non-hydrogen) atoms. The Labute approximate surface area is 191 Å². The normalized spacial score (nSPS) is 12.2. The summed E-state index contributed by atoms with van der Waals surface area (Å²) < 4.78 is 19.8. The number of hydrogen-bond donors (Lipinski definition) is 0. The summed E-state index contributed by atoms with van der Waals surface area (Å²) in [6.07, 6.45) is 0.501. The molecule has 0 aliphatic carbocycles. The van der Waals surface area contributed by atoms with Gasteiger partial charge in [-0.25, -0.2) is 9.59 Å². The number of carbonyl (C=O) groups excluding carboxylic acids is 2. The van der Waals surface area contributed by atoms with Crippen molar-refractivity contribution >= 4 is 22.8 Å². The van der Waals surface area contributed by atoms with E-state index < -0.39 is 11.9 Å². The molecule has 0 saturated carbocycles. The van der Waals surface area contributed by atoms with Gasteiger partial charge in [-0.15, -0.1) is 0 Å². The lowest BCUT2D eigenvalue weighted by Crippen LogP contribution is -2.18. The predicted octanol–water partition coefficient (Wildman–Crippen LogP) is 4.18. The number of ether oxygens (including phenoxy) is 3. The van der Waals surface area contributed by atoms with Gasteiger partial charge in [0.15, 0.2) is 0 Å². The van der Waals surface area contributed by atoms with Crippen LogP contribution in [0.5, 0.6) is 5.75 Å². The highest BCUT2D eigenvalue weighted by molar-refractivity contribution is 6.09. The quantitative estimate of drug-likeness (QED) is 0.389. The van der Waals surface area contributed by atoms with E-state index in [4.69, 9.17) is 14.2 Å². The van der Waals surface area contributed by atoms with Gasteiger partial charge in [0.25, 0.3) is 0 Å². The van der Waals surface area contributed by atoms with Gasteiger partial charge in [0.1, 0.15) is 11.3 Å². The molecule has 2 aromatic heterocycles. The van der Waals surface area contributed by atoms with E-state index in [0.29, 0.717) is 24.4 Å². The van der Waals surface area contributed by atoms with Crippen LogP contribution in [0.25, 0.3) is 22.2 Å². The Kier molecular flexibility index (Phi) is 4.96. The number of aromatic nitrogens is 2. The summed E-state index contributed by atoms with van der Waals surface area (Å²) in [6, 6.07) is 15.6. The number of aryl methyl sites for hydroxylation is 1. The summed E-state index contributed by atoms with van der Waals surface area (Å²) in [6.45, 7) is 0.512. The Morgan fingerprint density at radius 3 is 2.18 bits per heavy atom. The van der Waals surface area contributed by atoms with Crippen LogP contribution in [0.15, 0.2) is 48.5 Å². The lowest BCUT2D eigenvalue weighted by atomic mass is 9.99. The summed E-state index contributed by atoms with van der Waals surface area (Å²) in [7, 11) is 6.29. The Morgan fingerprint density at radius 2 is 1.52 bits per heavy atom. The molecule has 2 aromatic carbocycles. The molecule has 168 valence electrons. The fourth-order valence-electron chi connectivity index (χ4n) is 4.94. The third-order valence-corrected chi connectivity index (χ3v) is 6.51. The van der Waals surface area contributed by atoms with Crippen molar-refractivity contribution in [2.24, 2.45) is 7.05 Å². The van der Waals surface area contributed by atoms with Gasteiger partial charge in [-0.3, -0.25) is 0 Å². The molecule has 0 atom stereocenters. The lowest BCUT2D eigenvalue weighted by Gasteiger charge is -2.21. The predicted molar refractivity (Wildman–Crippen MR) is 124 cm³/mol. The summed E-state index contributed by atoms with van der Waals surface area (Å²) in [4.78, 5) is 26.0. The smallest absolute Gasteiger partial charge is 0.340 e. The number of benzene rings is 2.